The average molecular weight is 242 g/mol. The van der Waals surface area contributed by atoms with Gasteiger partial charge in [0.1, 0.15) is 0 Å². The normalized spacial score (nSPS) is 27.2. The quantitative estimate of drug-likeness (QED) is 0.690. The van der Waals surface area contributed by atoms with Crippen LogP contribution in [0.2, 0.25) is 0 Å². The summed E-state index contributed by atoms with van der Waals surface area (Å²) in [5.74, 6) is 0.00317. The Hall–Kier alpha value is -0.610. The van der Waals surface area contributed by atoms with Crippen LogP contribution in [-0.2, 0) is 4.79 Å². The second-order valence-electron chi connectivity index (χ2n) is 6.05. The summed E-state index contributed by atoms with van der Waals surface area (Å²) in [6, 6.07) is -0.149. The highest BCUT2D eigenvalue weighted by Gasteiger charge is 2.37. The summed E-state index contributed by atoms with van der Waals surface area (Å²) >= 11 is 0. The van der Waals surface area contributed by atoms with E-state index in [4.69, 9.17) is 0 Å². The van der Waals surface area contributed by atoms with E-state index in [2.05, 4.69) is 24.5 Å². The maximum atomic E-state index is 12.1. The molecule has 1 aliphatic heterocycles. The Kier molecular flexibility index (Phi) is 4.55. The van der Waals surface area contributed by atoms with Crippen LogP contribution < -0.4 is 10.6 Å². The van der Waals surface area contributed by atoms with Gasteiger partial charge in [0, 0.05) is 6.54 Å². The van der Waals surface area contributed by atoms with Crippen molar-refractivity contribution in [2.45, 2.75) is 58.6 Å². The van der Waals surface area contributed by atoms with Crippen LogP contribution in [0.15, 0.2) is 0 Å². The Morgan fingerprint density at radius 3 is 2.76 bits per heavy atom. The minimum atomic E-state index is -0.811. The average Bonchev–Trinajstić information content (AvgIpc) is 2.25. The van der Waals surface area contributed by atoms with Crippen LogP contribution in [0.3, 0.4) is 0 Å². The Morgan fingerprint density at radius 1 is 1.59 bits per heavy atom. The summed E-state index contributed by atoms with van der Waals surface area (Å²) in [4.78, 5) is 12.1. The summed E-state index contributed by atoms with van der Waals surface area (Å²) in [6.45, 7) is 9.09. The third kappa shape index (κ3) is 3.96. The fourth-order valence-electron chi connectivity index (χ4n) is 2.16. The standard InChI is InChI=1S/C13H26N2O2/c1-5-13(4,17)9-15-11(16)10-12(2,3)7-6-8-14-10/h10,14,17H,5-9H2,1-4H3,(H,15,16). The first-order valence-electron chi connectivity index (χ1n) is 6.52. The molecule has 0 saturated carbocycles. The van der Waals surface area contributed by atoms with Crippen LogP contribution in [0.1, 0.15) is 47.0 Å². The van der Waals surface area contributed by atoms with E-state index in [1.807, 2.05) is 6.92 Å². The van der Waals surface area contributed by atoms with E-state index >= 15 is 0 Å². The van der Waals surface area contributed by atoms with Crippen LogP contribution >= 0.6 is 0 Å². The van der Waals surface area contributed by atoms with Crippen molar-refractivity contribution >= 4 is 5.91 Å². The minimum absolute atomic E-state index is 0.00317. The van der Waals surface area contributed by atoms with Crippen LogP contribution in [0.4, 0.5) is 0 Å². The van der Waals surface area contributed by atoms with Gasteiger partial charge in [-0.05, 0) is 38.1 Å². The lowest BCUT2D eigenvalue weighted by Crippen LogP contribution is -2.57. The maximum Gasteiger partial charge on any atom is 0.237 e. The molecule has 0 bridgehead atoms. The smallest absolute Gasteiger partial charge is 0.237 e. The van der Waals surface area contributed by atoms with Gasteiger partial charge in [-0.15, -0.1) is 0 Å². The predicted molar refractivity (Wildman–Crippen MR) is 68.7 cm³/mol. The van der Waals surface area contributed by atoms with Crippen molar-refractivity contribution in [3.05, 3.63) is 0 Å². The number of aliphatic hydroxyl groups is 1. The molecule has 0 spiro atoms. The Balaban J connectivity index is 2.52. The number of hydrogen-bond acceptors (Lipinski definition) is 3. The van der Waals surface area contributed by atoms with E-state index in [-0.39, 0.29) is 17.4 Å². The first-order valence-corrected chi connectivity index (χ1v) is 6.52. The molecule has 0 aromatic heterocycles. The number of nitrogens with one attached hydrogen (secondary N) is 2. The summed E-state index contributed by atoms with van der Waals surface area (Å²) < 4.78 is 0. The molecule has 1 aliphatic rings. The van der Waals surface area contributed by atoms with Gasteiger partial charge in [0.15, 0.2) is 0 Å². The summed E-state index contributed by atoms with van der Waals surface area (Å²) in [5, 5.41) is 16.0. The summed E-state index contributed by atoms with van der Waals surface area (Å²) in [7, 11) is 0. The highest BCUT2D eigenvalue weighted by Crippen LogP contribution is 2.30. The van der Waals surface area contributed by atoms with Gasteiger partial charge in [-0.2, -0.15) is 0 Å². The Bertz CT molecular complexity index is 275. The van der Waals surface area contributed by atoms with Crippen molar-refractivity contribution in [2.75, 3.05) is 13.1 Å². The summed E-state index contributed by atoms with van der Waals surface area (Å²) in [5.41, 5.74) is -0.825. The molecule has 4 heteroatoms. The lowest BCUT2D eigenvalue weighted by atomic mass is 9.77. The molecule has 1 saturated heterocycles. The predicted octanol–water partition coefficient (Wildman–Crippen LogP) is 1.04. The zero-order valence-corrected chi connectivity index (χ0v) is 11.5. The molecule has 2 unspecified atom stereocenters. The van der Waals surface area contributed by atoms with Gasteiger partial charge in [0.25, 0.3) is 0 Å². The topological polar surface area (TPSA) is 61.4 Å². The third-order valence-electron chi connectivity index (χ3n) is 3.80. The van der Waals surface area contributed by atoms with Crippen molar-refractivity contribution in [3.63, 3.8) is 0 Å². The second-order valence-corrected chi connectivity index (χ2v) is 6.05. The van der Waals surface area contributed by atoms with Crippen molar-refractivity contribution in [1.29, 1.82) is 0 Å². The van der Waals surface area contributed by atoms with Gasteiger partial charge >= 0.3 is 0 Å². The number of rotatable bonds is 4. The number of piperidine rings is 1. The first-order chi connectivity index (χ1) is 7.78. The van der Waals surface area contributed by atoms with Gasteiger partial charge in [-0.25, -0.2) is 0 Å². The second kappa shape index (κ2) is 5.36. The largest absolute Gasteiger partial charge is 0.388 e. The van der Waals surface area contributed by atoms with E-state index in [0.717, 1.165) is 19.4 Å². The number of carbonyl (C=O) groups excluding carboxylic acids is 1. The Labute approximate surface area is 104 Å². The van der Waals surface area contributed by atoms with Gasteiger partial charge in [-0.1, -0.05) is 20.8 Å². The van der Waals surface area contributed by atoms with E-state index in [0.29, 0.717) is 13.0 Å². The van der Waals surface area contributed by atoms with Crippen LogP contribution in [0, 0.1) is 5.41 Å². The van der Waals surface area contributed by atoms with Gasteiger partial charge in [-0.3, -0.25) is 4.79 Å². The van der Waals surface area contributed by atoms with Gasteiger partial charge in [0.2, 0.25) is 5.91 Å². The van der Waals surface area contributed by atoms with Crippen LogP contribution in [0.5, 0.6) is 0 Å². The van der Waals surface area contributed by atoms with E-state index in [1.54, 1.807) is 6.92 Å². The lowest BCUT2D eigenvalue weighted by molar-refractivity contribution is -0.128. The van der Waals surface area contributed by atoms with Crippen molar-refractivity contribution in [3.8, 4) is 0 Å². The van der Waals surface area contributed by atoms with Crippen molar-refractivity contribution < 1.29 is 9.90 Å². The van der Waals surface area contributed by atoms with Crippen LogP contribution in [-0.4, -0.2) is 35.7 Å². The molecular weight excluding hydrogens is 216 g/mol. The fourth-order valence-corrected chi connectivity index (χ4v) is 2.16. The highest BCUT2D eigenvalue weighted by atomic mass is 16.3. The molecule has 1 rings (SSSR count). The zero-order valence-electron chi connectivity index (χ0n) is 11.5. The molecule has 17 heavy (non-hydrogen) atoms. The molecule has 4 nitrogen and oxygen atoms in total. The first kappa shape index (κ1) is 14.5. The molecule has 0 radical (unpaired) electrons. The molecule has 2 atom stereocenters. The van der Waals surface area contributed by atoms with E-state index in [9.17, 15) is 9.90 Å². The third-order valence-corrected chi connectivity index (χ3v) is 3.80. The zero-order chi connectivity index (χ0) is 13.1. The lowest BCUT2D eigenvalue weighted by Gasteiger charge is -2.38. The number of amides is 1. The SMILES string of the molecule is CCC(C)(O)CNC(=O)C1NCCCC1(C)C. The summed E-state index contributed by atoms with van der Waals surface area (Å²) in [6.07, 6.45) is 2.81. The monoisotopic (exact) mass is 242 g/mol. The van der Waals surface area contributed by atoms with E-state index in [1.165, 1.54) is 0 Å². The van der Waals surface area contributed by atoms with Gasteiger partial charge in [0.05, 0.1) is 11.6 Å². The fraction of sp³-hybridized carbons (Fsp3) is 0.923. The molecule has 100 valence electrons. The molecule has 0 aromatic carbocycles. The molecule has 0 aliphatic carbocycles. The van der Waals surface area contributed by atoms with Crippen LogP contribution in [0.25, 0.3) is 0 Å². The molecule has 3 N–H and O–H groups in total. The number of hydrogen-bond donors (Lipinski definition) is 3. The van der Waals surface area contributed by atoms with Crippen molar-refractivity contribution in [2.24, 2.45) is 5.41 Å². The van der Waals surface area contributed by atoms with Gasteiger partial charge < -0.3 is 15.7 Å². The molecule has 1 amide bonds. The number of carbonyl (C=O) groups is 1. The molecule has 1 fully saturated rings. The maximum absolute atomic E-state index is 12.1. The Morgan fingerprint density at radius 2 is 2.24 bits per heavy atom. The molecular formula is C13H26N2O2. The highest BCUT2D eigenvalue weighted by molar-refractivity contribution is 5.82. The molecule has 1 heterocycles. The minimum Gasteiger partial charge on any atom is -0.388 e. The van der Waals surface area contributed by atoms with E-state index < -0.39 is 5.60 Å². The molecule has 0 aromatic rings. The van der Waals surface area contributed by atoms with Crippen molar-refractivity contribution in [1.82, 2.24) is 10.6 Å².